The molecule has 4 aromatic rings. The van der Waals surface area contributed by atoms with Crippen LogP contribution in [-0.2, 0) is 19.3 Å². The Kier molecular flexibility index (Phi) is 6.60. The van der Waals surface area contributed by atoms with Crippen LogP contribution in [0.5, 0.6) is 5.75 Å². The fraction of sp³-hybridized carbons (Fsp3) is 0.208. The van der Waals surface area contributed by atoms with Crippen molar-refractivity contribution in [2.45, 2.75) is 25.7 Å². The number of imidazole rings is 1. The van der Waals surface area contributed by atoms with Crippen LogP contribution in [0.2, 0.25) is 0 Å². The van der Waals surface area contributed by atoms with Gasteiger partial charge in [0.05, 0.1) is 29.7 Å². The van der Waals surface area contributed by atoms with E-state index in [1.165, 1.54) is 30.3 Å². The predicted molar refractivity (Wildman–Crippen MR) is 121 cm³/mol. The number of aryl methyl sites for hydroxylation is 1. The molecule has 0 aliphatic heterocycles. The normalized spacial score (nSPS) is 11.8. The Morgan fingerprint density at radius 2 is 1.58 bits per heavy atom. The van der Waals surface area contributed by atoms with Gasteiger partial charge in [-0.15, -0.1) is 0 Å². The van der Waals surface area contributed by atoms with E-state index in [1.54, 1.807) is 9.13 Å². The highest BCUT2D eigenvalue weighted by atomic mass is 79.9. The molecule has 33 heavy (non-hydrogen) atoms. The summed E-state index contributed by atoms with van der Waals surface area (Å²) in [5.74, 6) is 0.139. The number of hydrogen-bond donors (Lipinski definition) is 1. The summed E-state index contributed by atoms with van der Waals surface area (Å²) < 4.78 is 62.8. The third-order valence-electron chi connectivity index (χ3n) is 5.26. The summed E-state index contributed by atoms with van der Waals surface area (Å²) in [7, 11) is 0. The maximum absolute atomic E-state index is 13.3. The number of nitrogens with zero attached hydrogens (tertiary/aromatic N) is 2. The number of aromatic nitrogens is 2. The Bertz CT molecular complexity index is 1310. The average Bonchev–Trinajstić information content (AvgIpc) is 3.04. The summed E-state index contributed by atoms with van der Waals surface area (Å²) in [6, 6.07) is 16.7. The lowest BCUT2D eigenvalue weighted by Gasteiger charge is -2.09. The summed E-state index contributed by atoms with van der Waals surface area (Å²) in [4.78, 5) is 0. The van der Waals surface area contributed by atoms with Gasteiger partial charge in [-0.25, -0.2) is 4.39 Å². The molecule has 0 atom stereocenters. The second-order valence-corrected chi connectivity index (χ2v) is 8.46. The maximum atomic E-state index is 13.3. The minimum atomic E-state index is -4.48. The number of benzene rings is 3. The molecule has 172 valence electrons. The van der Waals surface area contributed by atoms with Gasteiger partial charge in [-0.05, 0) is 66.6 Å². The van der Waals surface area contributed by atoms with Crippen LogP contribution < -0.4 is 10.4 Å². The van der Waals surface area contributed by atoms with Crippen molar-refractivity contribution >= 4 is 27.0 Å². The highest BCUT2D eigenvalue weighted by molar-refractivity contribution is 9.10. The molecule has 9 heteroatoms. The van der Waals surface area contributed by atoms with E-state index in [1.807, 2.05) is 24.3 Å². The molecule has 0 aliphatic rings. The third kappa shape index (κ3) is 5.30. The quantitative estimate of drug-likeness (QED) is 0.223. The van der Waals surface area contributed by atoms with Crippen molar-refractivity contribution in [3.05, 3.63) is 93.8 Å². The summed E-state index contributed by atoms with van der Waals surface area (Å²) in [5.41, 5.74) is 1.17. The zero-order chi connectivity index (χ0) is 23.6. The molecule has 0 saturated heterocycles. The second kappa shape index (κ2) is 9.43. The van der Waals surface area contributed by atoms with E-state index < -0.39 is 11.7 Å². The second-order valence-electron chi connectivity index (χ2n) is 7.55. The molecule has 0 fully saturated rings. The standard InChI is InChI=1S/C24H20BrF4N3O/c25-18-5-2-16(3-6-18)15-32-21-11-4-17(24(27,28)29)14-22(21)31(23(32)30)12-1-13-33-20-9-7-19(26)8-10-20/h2-11,14,30H,1,12-13,15H2. The Balaban J connectivity index is 1.62. The predicted octanol–water partition coefficient (Wildman–Crippen LogP) is 6.36. The number of ether oxygens (including phenoxy) is 1. The Hall–Kier alpha value is -3.07. The minimum Gasteiger partial charge on any atom is -0.494 e. The van der Waals surface area contributed by atoms with Gasteiger partial charge in [0.15, 0.2) is 0 Å². The van der Waals surface area contributed by atoms with E-state index in [0.717, 1.165) is 22.2 Å². The number of rotatable bonds is 7. The maximum Gasteiger partial charge on any atom is 0.416 e. The average molecular weight is 522 g/mol. The van der Waals surface area contributed by atoms with Gasteiger partial charge in [0, 0.05) is 11.0 Å². The molecule has 0 amide bonds. The molecule has 4 nitrogen and oxygen atoms in total. The number of hydrogen-bond acceptors (Lipinski definition) is 2. The van der Waals surface area contributed by atoms with Gasteiger partial charge < -0.3 is 13.9 Å². The molecule has 3 aromatic carbocycles. The molecule has 1 heterocycles. The van der Waals surface area contributed by atoms with Crippen LogP contribution in [0.1, 0.15) is 17.5 Å². The molecule has 0 spiro atoms. The van der Waals surface area contributed by atoms with Crippen molar-refractivity contribution < 1.29 is 22.3 Å². The summed E-state index contributed by atoms with van der Waals surface area (Å²) in [6.45, 7) is 0.925. The summed E-state index contributed by atoms with van der Waals surface area (Å²) in [5, 5.41) is 8.67. The summed E-state index contributed by atoms with van der Waals surface area (Å²) in [6.07, 6.45) is -4.02. The van der Waals surface area contributed by atoms with Gasteiger partial charge in [0.2, 0.25) is 5.62 Å². The van der Waals surface area contributed by atoms with Gasteiger partial charge in [-0.2, -0.15) is 13.2 Å². The van der Waals surface area contributed by atoms with Crippen LogP contribution in [0.25, 0.3) is 11.0 Å². The van der Waals surface area contributed by atoms with Gasteiger partial charge in [-0.3, -0.25) is 5.41 Å². The molecule has 0 saturated carbocycles. The van der Waals surface area contributed by atoms with Crippen LogP contribution in [-0.4, -0.2) is 15.7 Å². The van der Waals surface area contributed by atoms with Crippen molar-refractivity contribution in [3.63, 3.8) is 0 Å². The van der Waals surface area contributed by atoms with Crippen molar-refractivity contribution in [2.75, 3.05) is 6.61 Å². The first-order valence-electron chi connectivity index (χ1n) is 10.2. The Labute approximate surface area is 195 Å². The number of halogens is 5. The van der Waals surface area contributed by atoms with Crippen molar-refractivity contribution in [2.24, 2.45) is 0 Å². The Morgan fingerprint density at radius 1 is 0.879 bits per heavy atom. The fourth-order valence-electron chi connectivity index (χ4n) is 3.62. The number of fused-ring (bicyclic) bond motifs is 1. The monoisotopic (exact) mass is 521 g/mol. The van der Waals surface area contributed by atoms with Crippen LogP contribution >= 0.6 is 15.9 Å². The smallest absolute Gasteiger partial charge is 0.416 e. The van der Waals surface area contributed by atoms with E-state index in [0.29, 0.717) is 36.3 Å². The van der Waals surface area contributed by atoms with Gasteiger partial charge in [0.25, 0.3) is 0 Å². The molecule has 0 unspecified atom stereocenters. The van der Waals surface area contributed by atoms with Crippen LogP contribution in [0.4, 0.5) is 17.6 Å². The fourth-order valence-corrected chi connectivity index (χ4v) is 3.88. The van der Waals surface area contributed by atoms with Crippen molar-refractivity contribution in [1.29, 1.82) is 5.41 Å². The number of alkyl halides is 3. The molecule has 0 radical (unpaired) electrons. The van der Waals surface area contributed by atoms with E-state index in [-0.39, 0.29) is 18.0 Å². The number of nitrogens with one attached hydrogen (secondary N) is 1. The topological polar surface area (TPSA) is 42.9 Å². The largest absolute Gasteiger partial charge is 0.494 e. The molecule has 1 aromatic heterocycles. The van der Waals surface area contributed by atoms with Gasteiger partial charge in [-0.1, -0.05) is 28.1 Å². The Morgan fingerprint density at radius 3 is 2.24 bits per heavy atom. The van der Waals surface area contributed by atoms with Gasteiger partial charge in [0.1, 0.15) is 11.6 Å². The highest BCUT2D eigenvalue weighted by Gasteiger charge is 2.31. The molecular formula is C24H20BrF4N3O. The lowest BCUT2D eigenvalue weighted by molar-refractivity contribution is -0.137. The van der Waals surface area contributed by atoms with E-state index >= 15 is 0 Å². The lowest BCUT2D eigenvalue weighted by Crippen LogP contribution is -2.25. The lowest BCUT2D eigenvalue weighted by atomic mass is 10.2. The third-order valence-corrected chi connectivity index (χ3v) is 5.79. The first-order valence-corrected chi connectivity index (χ1v) is 11.0. The molecule has 4 rings (SSSR count). The van der Waals surface area contributed by atoms with E-state index in [9.17, 15) is 17.6 Å². The van der Waals surface area contributed by atoms with Crippen molar-refractivity contribution in [3.8, 4) is 5.75 Å². The molecule has 0 aliphatic carbocycles. The zero-order valence-electron chi connectivity index (χ0n) is 17.4. The molecule has 1 N–H and O–H groups in total. The highest BCUT2D eigenvalue weighted by Crippen LogP contribution is 2.31. The van der Waals surface area contributed by atoms with Crippen LogP contribution in [0, 0.1) is 11.2 Å². The van der Waals surface area contributed by atoms with Gasteiger partial charge >= 0.3 is 6.18 Å². The van der Waals surface area contributed by atoms with E-state index in [4.69, 9.17) is 10.1 Å². The van der Waals surface area contributed by atoms with E-state index in [2.05, 4.69) is 15.9 Å². The molecular weight excluding hydrogens is 502 g/mol. The summed E-state index contributed by atoms with van der Waals surface area (Å²) >= 11 is 3.39. The first-order chi connectivity index (χ1) is 15.7. The van der Waals surface area contributed by atoms with Crippen LogP contribution in [0.15, 0.2) is 71.2 Å². The SMILES string of the molecule is N=c1n(CCCOc2ccc(F)cc2)c2cc(C(F)(F)F)ccc2n1Cc1ccc(Br)cc1. The molecule has 0 bridgehead atoms. The zero-order valence-corrected chi connectivity index (χ0v) is 19.0. The minimum absolute atomic E-state index is 0.106. The van der Waals surface area contributed by atoms with Crippen LogP contribution in [0.3, 0.4) is 0 Å². The van der Waals surface area contributed by atoms with Crippen molar-refractivity contribution in [1.82, 2.24) is 9.13 Å². The first kappa shape index (κ1) is 23.1.